The first-order valence-corrected chi connectivity index (χ1v) is 21.1. The van der Waals surface area contributed by atoms with Gasteiger partial charge in [-0.15, -0.1) is 0 Å². The summed E-state index contributed by atoms with van der Waals surface area (Å²) in [4.78, 5) is 14.0. The summed E-state index contributed by atoms with van der Waals surface area (Å²) >= 11 is 0.512. The van der Waals surface area contributed by atoms with E-state index in [0.717, 1.165) is 59.2 Å². The molecule has 2 nitrogen and oxygen atoms in total. The maximum atomic E-state index is 15.5. The Bertz CT molecular complexity index is 1930. The molecule has 5 aromatic heterocycles. The van der Waals surface area contributed by atoms with Gasteiger partial charge in [0.05, 0.1) is 0 Å². The van der Waals surface area contributed by atoms with E-state index in [1.807, 2.05) is 18.2 Å². The van der Waals surface area contributed by atoms with Crippen LogP contribution in [0, 0.1) is 20.8 Å². The third-order valence-electron chi connectivity index (χ3n) is 7.52. The summed E-state index contributed by atoms with van der Waals surface area (Å²) in [7, 11) is -2.70. The van der Waals surface area contributed by atoms with Crippen molar-refractivity contribution in [3.63, 3.8) is 0 Å². The van der Waals surface area contributed by atoms with Crippen LogP contribution in [0.5, 0.6) is 0 Å². The van der Waals surface area contributed by atoms with Gasteiger partial charge in [0.25, 0.3) is 0 Å². The molecule has 0 amide bonds. The molecule has 1 aliphatic heterocycles. The molecule has 0 spiro atoms. The first-order valence-electron chi connectivity index (χ1n) is 13.7. The molecule has 7 rings (SSSR count). The zero-order chi connectivity index (χ0) is 29.7. The van der Waals surface area contributed by atoms with Gasteiger partial charge in [0, 0.05) is 0 Å². The van der Waals surface area contributed by atoms with E-state index in [-0.39, 0.29) is 58.0 Å². The number of hydrogen-bond donors (Lipinski definition) is 0. The second-order valence-electron chi connectivity index (χ2n) is 10.4. The van der Waals surface area contributed by atoms with Gasteiger partial charge in [-0.25, -0.2) is 0 Å². The number of aryl methyl sites for hydroxylation is 3. The third kappa shape index (κ3) is 5.41. The molecule has 6 aromatic rings. The molecular formula is C34H25BF2N2Se4. The van der Waals surface area contributed by atoms with Crippen LogP contribution in [-0.2, 0) is 0 Å². The SMILES string of the molecule is Cc1cc(C)c(/C(=C2/C=C(c3ccc[se]3)C(c3ccc[se]3)=N2)c2cc(-c3ccc[se]3)c(-c3ccc[se]3)n2B(F)F)c(C)c1. The van der Waals surface area contributed by atoms with E-state index >= 15 is 8.63 Å². The zero-order valence-corrected chi connectivity index (χ0v) is 30.5. The Kier molecular flexibility index (Phi) is 8.29. The molecule has 212 valence electrons. The molecule has 1 aliphatic rings. The van der Waals surface area contributed by atoms with Crippen LogP contribution in [0.4, 0.5) is 8.63 Å². The predicted octanol–water partition coefficient (Wildman–Crippen LogP) is 7.09. The van der Waals surface area contributed by atoms with E-state index in [4.69, 9.17) is 4.99 Å². The van der Waals surface area contributed by atoms with Crippen molar-refractivity contribution in [2.75, 3.05) is 0 Å². The van der Waals surface area contributed by atoms with Crippen LogP contribution in [0.2, 0.25) is 0 Å². The Morgan fingerprint density at radius 2 is 1.28 bits per heavy atom. The first-order chi connectivity index (χ1) is 20.9. The fourth-order valence-electron chi connectivity index (χ4n) is 5.93. The minimum atomic E-state index is -2.70. The summed E-state index contributed by atoms with van der Waals surface area (Å²) in [6, 6.07) is 23.1. The normalized spacial score (nSPS) is 14.3. The third-order valence-corrected chi connectivity index (χ3v) is 15.0. The van der Waals surface area contributed by atoms with Gasteiger partial charge in [-0.3, -0.25) is 0 Å². The van der Waals surface area contributed by atoms with Gasteiger partial charge in [-0.1, -0.05) is 0 Å². The number of aliphatic imine (C=N–C) groups is 1. The van der Waals surface area contributed by atoms with Crippen LogP contribution in [0.3, 0.4) is 0 Å². The summed E-state index contributed by atoms with van der Waals surface area (Å²) < 4.78 is 36.9. The number of rotatable bonds is 7. The monoisotopic (exact) mass is 830 g/mol. The molecule has 0 unspecified atom stereocenters. The Hall–Kier alpha value is -2.43. The van der Waals surface area contributed by atoms with Crippen molar-refractivity contribution in [3.8, 4) is 20.1 Å². The van der Waals surface area contributed by atoms with E-state index in [0.29, 0.717) is 11.4 Å². The Balaban J connectivity index is 1.61. The second kappa shape index (κ2) is 12.2. The van der Waals surface area contributed by atoms with Crippen LogP contribution < -0.4 is 0 Å². The quantitative estimate of drug-likeness (QED) is 0.153. The van der Waals surface area contributed by atoms with Crippen LogP contribution >= 0.6 is 0 Å². The maximum absolute atomic E-state index is 15.5. The fraction of sp³-hybridized carbons (Fsp3) is 0.0882. The van der Waals surface area contributed by atoms with E-state index < -0.39 is 7.40 Å². The van der Waals surface area contributed by atoms with Crippen LogP contribution in [0.25, 0.3) is 31.3 Å². The predicted molar refractivity (Wildman–Crippen MR) is 181 cm³/mol. The molecule has 0 N–H and O–H groups in total. The molecule has 6 heterocycles. The van der Waals surface area contributed by atoms with Gasteiger partial charge in [0.15, 0.2) is 0 Å². The Morgan fingerprint density at radius 3 is 1.84 bits per heavy atom. The standard InChI is InChI=1S/C34H25BF2N2Se4/c1-20-16-21(2)31(22(3)17-20)32(25-18-23(27-8-4-12-40-27)33(38-25)29-10-6-14-42-29)26-19-24(28-9-5-13-41-28)34(39(26)35(36)37)30-11-7-15-43-30/h4-19H,1-3H3/b32-25-. The average Bonchev–Trinajstić information content (AvgIpc) is 3.83. The summed E-state index contributed by atoms with van der Waals surface area (Å²) in [5, 5.41) is 0. The molecule has 0 aliphatic carbocycles. The summed E-state index contributed by atoms with van der Waals surface area (Å²) in [5.41, 5.74) is 10.0. The number of allylic oxidation sites excluding steroid dienone is 2. The van der Waals surface area contributed by atoms with E-state index in [2.05, 4.69) is 95.1 Å². The second-order valence-corrected chi connectivity index (χ2v) is 18.4. The number of nitrogens with zero attached hydrogens (tertiary/aromatic N) is 2. The summed E-state index contributed by atoms with van der Waals surface area (Å²) in [6.45, 7) is 6.27. The fourth-order valence-corrected chi connectivity index (χ4v) is 12.2. The van der Waals surface area contributed by atoms with Gasteiger partial charge < -0.3 is 0 Å². The van der Waals surface area contributed by atoms with Crippen molar-refractivity contribution in [3.05, 3.63) is 135 Å². The number of halogens is 2. The molecule has 0 atom stereocenters. The molecule has 9 heteroatoms. The number of aromatic nitrogens is 1. The Morgan fingerprint density at radius 1 is 0.721 bits per heavy atom. The molecule has 43 heavy (non-hydrogen) atoms. The van der Waals surface area contributed by atoms with Crippen LogP contribution in [0.15, 0.2) is 103 Å². The number of hydrogen-bond acceptors (Lipinski definition) is 1. The molecule has 0 radical (unpaired) electrons. The molecule has 0 fully saturated rings. The molecular weight excluding hydrogens is 801 g/mol. The molecule has 1 aromatic carbocycles. The van der Waals surface area contributed by atoms with E-state index in [1.54, 1.807) is 0 Å². The minimum absolute atomic E-state index is 0.000576. The van der Waals surface area contributed by atoms with Crippen molar-refractivity contribution < 1.29 is 8.63 Å². The van der Waals surface area contributed by atoms with Crippen molar-refractivity contribution in [2.24, 2.45) is 4.99 Å². The van der Waals surface area contributed by atoms with Crippen molar-refractivity contribution >= 4 is 82.3 Å². The molecule has 0 bridgehead atoms. The van der Waals surface area contributed by atoms with Gasteiger partial charge in [0.2, 0.25) is 0 Å². The van der Waals surface area contributed by atoms with Crippen molar-refractivity contribution in [2.45, 2.75) is 20.8 Å². The number of benzene rings is 1. The summed E-state index contributed by atoms with van der Waals surface area (Å²) in [5.74, 6) is 0. The van der Waals surface area contributed by atoms with E-state index in [1.165, 1.54) is 13.4 Å². The topological polar surface area (TPSA) is 17.3 Å². The van der Waals surface area contributed by atoms with E-state index in [9.17, 15) is 0 Å². The average molecular weight is 826 g/mol. The molecule has 0 saturated carbocycles. The van der Waals surface area contributed by atoms with Gasteiger partial charge >= 0.3 is 276 Å². The van der Waals surface area contributed by atoms with Crippen molar-refractivity contribution in [1.29, 1.82) is 0 Å². The Labute approximate surface area is 274 Å². The first kappa shape index (κ1) is 29.3. The van der Waals surface area contributed by atoms with Gasteiger partial charge in [0.1, 0.15) is 0 Å². The summed E-state index contributed by atoms with van der Waals surface area (Å²) in [6.07, 6.45) is 2.17. The van der Waals surface area contributed by atoms with Gasteiger partial charge in [-0.2, -0.15) is 0 Å². The van der Waals surface area contributed by atoms with Crippen LogP contribution in [-0.4, -0.2) is 75.6 Å². The molecule has 0 saturated heterocycles. The zero-order valence-electron chi connectivity index (χ0n) is 23.6. The van der Waals surface area contributed by atoms with Gasteiger partial charge in [-0.05, 0) is 0 Å². The van der Waals surface area contributed by atoms with Crippen molar-refractivity contribution in [1.82, 2.24) is 4.48 Å². The van der Waals surface area contributed by atoms with Crippen LogP contribution in [0.1, 0.15) is 36.8 Å².